The van der Waals surface area contributed by atoms with Gasteiger partial charge in [0.05, 0.1) is 22.2 Å². The second kappa shape index (κ2) is 16.4. The summed E-state index contributed by atoms with van der Waals surface area (Å²) in [4.78, 5) is 2.53. The van der Waals surface area contributed by atoms with Gasteiger partial charge >= 0.3 is 0 Å². The van der Waals surface area contributed by atoms with Gasteiger partial charge in [-0.1, -0.05) is 212 Å². The maximum absolute atomic E-state index is 6.78. The van der Waals surface area contributed by atoms with Gasteiger partial charge in [-0.15, -0.1) is 11.3 Å². The fourth-order valence-electron chi connectivity index (χ4n) is 14.2. The summed E-state index contributed by atoms with van der Waals surface area (Å²) in [6, 6.07) is 101. The van der Waals surface area contributed by atoms with Crippen LogP contribution in [0.1, 0.15) is 44.5 Å². The van der Waals surface area contributed by atoms with Gasteiger partial charge in [-0.25, -0.2) is 0 Å². The molecular weight excluding hydrogens is 967 g/mol. The number of benzene rings is 12. The molecule has 78 heavy (non-hydrogen) atoms. The lowest BCUT2D eigenvalue weighted by molar-refractivity contribution is 0.436. The van der Waals surface area contributed by atoms with Crippen molar-refractivity contribution in [2.24, 2.45) is 0 Å². The molecule has 2 aliphatic heterocycles. The molecule has 364 valence electrons. The van der Waals surface area contributed by atoms with E-state index in [0.717, 1.165) is 73.4 Å². The van der Waals surface area contributed by atoms with Gasteiger partial charge in [-0.05, 0) is 116 Å². The summed E-state index contributed by atoms with van der Waals surface area (Å²) in [6.07, 6.45) is 0. The van der Waals surface area contributed by atoms with Crippen molar-refractivity contribution >= 4 is 48.6 Å². The topological polar surface area (TPSA) is 21.7 Å². The van der Waals surface area contributed by atoms with Crippen molar-refractivity contribution in [1.82, 2.24) is 0 Å². The van der Waals surface area contributed by atoms with Crippen molar-refractivity contribution in [3.05, 3.63) is 317 Å². The maximum atomic E-state index is 6.78. The van der Waals surface area contributed by atoms with Crippen LogP contribution in [0.25, 0.3) is 64.7 Å². The van der Waals surface area contributed by atoms with Crippen molar-refractivity contribution in [3.8, 4) is 67.5 Å². The lowest BCUT2D eigenvalue weighted by Crippen LogP contribution is -2.32. The molecule has 17 rings (SSSR count). The lowest BCUT2D eigenvalue weighted by Gasteiger charge is -2.39. The Kier molecular flexibility index (Phi) is 9.14. The van der Waals surface area contributed by atoms with Crippen molar-refractivity contribution in [3.63, 3.8) is 0 Å². The normalized spacial score (nSPS) is 14.1. The minimum Gasteiger partial charge on any atom is -0.457 e. The molecule has 0 radical (unpaired) electrons. The van der Waals surface area contributed by atoms with Gasteiger partial charge in [0, 0.05) is 59.2 Å². The van der Waals surface area contributed by atoms with Gasteiger partial charge in [-0.2, -0.15) is 0 Å². The maximum Gasteiger partial charge on any atom is 0.132 e. The molecule has 0 saturated carbocycles. The van der Waals surface area contributed by atoms with Crippen LogP contribution in [0, 0.1) is 0 Å². The zero-order valence-corrected chi connectivity index (χ0v) is 43.0. The second-order valence-corrected chi connectivity index (χ2v) is 22.0. The van der Waals surface area contributed by atoms with E-state index in [1.807, 2.05) is 11.3 Å². The third-order valence-electron chi connectivity index (χ3n) is 17.2. The van der Waals surface area contributed by atoms with Crippen LogP contribution in [0.5, 0.6) is 23.0 Å². The molecule has 13 aromatic rings. The molecule has 1 aromatic heterocycles. The van der Waals surface area contributed by atoms with Crippen LogP contribution in [0.2, 0.25) is 0 Å². The number of thiophene rings is 1. The SMILES string of the molecule is c1ccc2c(c1)Oc1ccccc1C21c2ccccc2-c2ccc(-c3ccccc3N(c3ccc(-c4cccc5c4sc4ccccc45)cc3)c3cccc4c3-c3ccccc3C43c4ccccc4Oc4ccccc43)cc21. The van der Waals surface area contributed by atoms with Gasteiger partial charge in [0.2, 0.25) is 0 Å². The van der Waals surface area contributed by atoms with Crippen molar-refractivity contribution < 1.29 is 9.47 Å². The molecule has 0 atom stereocenters. The summed E-state index contributed by atoms with van der Waals surface area (Å²) in [5.41, 5.74) is 21.1. The highest BCUT2D eigenvalue weighted by atomic mass is 32.1. The number of hydrogen-bond acceptors (Lipinski definition) is 4. The van der Waals surface area contributed by atoms with E-state index in [2.05, 4.69) is 278 Å². The lowest BCUT2D eigenvalue weighted by atomic mass is 9.66. The van der Waals surface area contributed by atoms with Gasteiger partial charge in [-0.3, -0.25) is 0 Å². The summed E-state index contributed by atoms with van der Waals surface area (Å²) >= 11 is 1.87. The van der Waals surface area contributed by atoms with Gasteiger partial charge in [0.25, 0.3) is 0 Å². The van der Waals surface area contributed by atoms with E-state index in [1.165, 1.54) is 75.8 Å². The molecule has 4 heteroatoms. The fraction of sp³-hybridized carbons (Fsp3) is 0.0270. The average molecular weight is 1010 g/mol. The molecule has 2 aliphatic carbocycles. The Morgan fingerprint density at radius 2 is 0.744 bits per heavy atom. The first-order valence-electron chi connectivity index (χ1n) is 26.8. The molecule has 12 aromatic carbocycles. The first-order chi connectivity index (χ1) is 38.7. The number of fused-ring (bicyclic) bond motifs is 21. The van der Waals surface area contributed by atoms with Crippen LogP contribution in [-0.2, 0) is 10.8 Å². The molecule has 0 saturated heterocycles. The van der Waals surface area contributed by atoms with Crippen molar-refractivity contribution in [1.29, 1.82) is 0 Å². The molecule has 0 unspecified atom stereocenters. The quantitative estimate of drug-likeness (QED) is 0.171. The van der Waals surface area contributed by atoms with Crippen LogP contribution in [0.15, 0.2) is 273 Å². The number of hydrogen-bond donors (Lipinski definition) is 0. The van der Waals surface area contributed by atoms with Crippen LogP contribution in [0.3, 0.4) is 0 Å². The largest absolute Gasteiger partial charge is 0.457 e. The summed E-state index contributed by atoms with van der Waals surface area (Å²) < 4.78 is 16.1. The minimum atomic E-state index is -0.634. The van der Waals surface area contributed by atoms with Crippen LogP contribution >= 0.6 is 11.3 Å². The van der Waals surface area contributed by atoms with E-state index >= 15 is 0 Å². The van der Waals surface area contributed by atoms with E-state index in [-0.39, 0.29) is 0 Å². The Hall–Kier alpha value is -9.74. The fourth-order valence-corrected chi connectivity index (χ4v) is 15.4. The predicted octanol–water partition coefficient (Wildman–Crippen LogP) is 19.8. The van der Waals surface area contributed by atoms with Crippen molar-refractivity contribution in [2.75, 3.05) is 4.90 Å². The Labute approximate surface area is 456 Å². The highest BCUT2D eigenvalue weighted by Crippen LogP contribution is 2.66. The Morgan fingerprint density at radius 3 is 1.41 bits per heavy atom. The highest BCUT2D eigenvalue weighted by Gasteiger charge is 2.53. The monoisotopic (exact) mass is 1010 g/mol. The van der Waals surface area contributed by atoms with Gasteiger partial charge < -0.3 is 14.4 Å². The number of para-hydroxylation sites is 5. The average Bonchev–Trinajstić information content (AvgIpc) is 4.16. The minimum absolute atomic E-state index is 0.607. The molecule has 4 aliphatic rings. The molecular formula is C74H45NO2S. The molecule has 0 N–H and O–H groups in total. The Morgan fingerprint density at radius 1 is 0.295 bits per heavy atom. The molecule has 0 fully saturated rings. The van der Waals surface area contributed by atoms with Gasteiger partial charge in [0.15, 0.2) is 0 Å². The second-order valence-electron chi connectivity index (χ2n) is 20.9. The molecule has 3 heterocycles. The third-order valence-corrected chi connectivity index (χ3v) is 18.5. The number of rotatable bonds is 5. The smallest absolute Gasteiger partial charge is 0.132 e. The zero-order valence-electron chi connectivity index (χ0n) is 42.2. The van der Waals surface area contributed by atoms with Gasteiger partial charge in [0.1, 0.15) is 23.0 Å². The highest BCUT2D eigenvalue weighted by molar-refractivity contribution is 7.26. The third kappa shape index (κ3) is 5.76. The first-order valence-corrected chi connectivity index (χ1v) is 27.6. The summed E-state index contributed by atoms with van der Waals surface area (Å²) in [5.74, 6) is 3.52. The Bertz CT molecular complexity index is 4570. The van der Waals surface area contributed by atoms with E-state index in [1.54, 1.807) is 0 Å². The first kappa shape index (κ1) is 43.5. The molecule has 0 amide bonds. The number of ether oxygens (including phenoxy) is 2. The van der Waals surface area contributed by atoms with Crippen LogP contribution in [0.4, 0.5) is 17.1 Å². The van der Waals surface area contributed by atoms with Crippen LogP contribution < -0.4 is 14.4 Å². The summed E-state index contributed by atoms with van der Waals surface area (Å²) in [6.45, 7) is 0. The standard InChI is InChI=1S/C74H45NO2S/c1-5-25-56-51(20-1)52-44-41-47(45-63(52)74(56)60-29-9-14-36-68(60)77-69-37-15-10-30-61(69)74)49-19-3-11-32-64(49)75(48-42-39-46(40-43-48)50-23-17-24-54-53-21-4-16-38-70(53)78-72(50)54)65-33-18-31-62-71(65)55-22-2-6-26-57(55)73(62)58-27-7-12-34-66(58)76-67-35-13-8-28-59(67)73/h1-45H. The van der Waals surface area contributed by atoms with E-state index in [4.69, 9.17) is 9.47 Å². The zero-order chi connectivity index (χ0) is 51.1. The van der Waals surface area contributed by atoms with Crippen LogP contribution in [-0.4, -0.2) is 0 Å². The number of anilines is 3. The van der Waals surface area contributed by atoms with E-state index in [0.29, 0.717) is 0 Å². The Balaban J connectivity index is 0.918. The summed E-state index contributed by atoms with van der Waals surface area (Å²) in [7, 11) is 0. The molecule has 2 spiro atoms. The van der Waals surface area contributed by atoms with E-state index in [9.17, 15) is 0 Å². The molecule has 0 bridgehead atoms. The molecule has 3 nitrogen and oxygen atoms in total. The van der Waals surface area contributed by atoms with E-state index < -0.39 is 10.8 Å². The van der Waals surface area contributed by atoms with Crippen molar-refractivity contribution in [2.45, 2.75) is 10.8 Å². The predicted molar refractivity (Wildman–Crippen MR) is 320 cm³/mol. The number of nitrogens with zero attached hydrogens (tertiary/aromatic N) is 1. The summed E-state index contributed by atoms with van der Waals surface area (Å²) in [5, 5.41) is 2.60.